The van der Waals surface area contributed by atoms with Crippen molar-refractivity contribution in [1.29, 1.82) is 0 Å². The van der Waals surface area contributed by atoms with Gasteiger partial charge in [-0.25, -0.2) is 0 Å². The first kappa shape index (κ1) is 11.2. The summed E-state index contributed by atoms with van der Waals surface area (Å²) >= 11 is 6.74. The smallest absolute Gasteiger partial charge is 0.148 e. The normalized spacial score (nSPS) is 19.0. The van der Waals surface area contributed by atoms with Crippen molar-refractivity contribution < 1.29 is 14.6 Å². The van der Waals surface area contributed by atoms with Crippen molar-refractivity contribution in [2.24, 2.45) is 0 Å². The van der Waals surface area contributed by atoms with Crippen molar-refractivity contribution in [3.63, 3.8) is 0 Å². The highest BCUT2D eigenvalue weighted by Crippen LogP contribution is 2.40. The van der Waals surface area contributed by atoms with E-state index >= 15 is 0 Å². The van der Waals surface area contributed by atoms with Crippen LogP contribution in [0.1, 0.15) is 5.56 Å². The van der Waals surface area contributed by atoms with Crippen LogP contribution in [0.15, 0.2) is 15.0 Å². The van der Waals surface area contributed by atoms with Gasteiger partial charge in [-0.2, -0.15) is 0 Å². The van der Waals surface area contributed by atoms with E-state index in [1.54, 1.807) is 6.07 Å². The van der Waals surface area contributed by atoms with Crippen LogP contribution in [0.3, 0.4) is 0 Å². The molecule has 1 unspecified atom stereocenters. The molecule has 1 aromatic carbocycles. The summed E-state index contributed by atoms with van der Waals surface area (Å²) in [5, 5.41) is 9.55. The Morgan fingerprint density at radius 2 is 2.27 bits per heavy atom. The van der Waals surface area contributed by atoms with Gasteiger partial charge in [0.05, 0.1) is 15.6 Å². The second kappa shape index (κ2) is 4.31. The molecular formula is C10H10Br2O3. The Labute approximate surface area is 105 Å². The van der Waals surface area contributed by atoms with E-state index in [4.69, 9.17) is 9.47 Å². The van der Waals surface area contributed by atoms with Gasteiger partial charge in [-0.15, -0.1) is 0 Å². The molecule has 0 aromatic heterocycles. The molecule has 0 bridgehead atoms. The summed E-state index contributed by atoms with van der Waals surface area (Å²) in [5.41, 5.74) is 0.768. The van der Waals surface area contributed by atoms with Crippen LogP contribution < -0.4 is 4.74 Å². The van der Waals surface area contributed by atoms with Gasteiger partial charge >= 0.3 is 0 Å². The number of phenolic OH excluding ortho intramolecular Hbond substituents is 1. The molecule has 0 aliphatic carbocycles. The number of hydrogen-bond donors (Lipinski definition) is 1. The highest BCUT2D eigenvalue weighted by atomic mass is 79.9. The van der Waals surface area contributed by atoms with E-state index in [2.05, 4.69) is 31.9 Å². The Morgan fingerprint density at radius 1 is 1.60 bits per heavy atom. The van der Waals surface area contributed by atoms with Crippen molar-refractivity contribution in [2.45, 2.75) is 13.0 Å². The summed E-state index contributed by atoms with van der Waals surface area (Å²) in [6.45, 7) is 3.14. The molecule has 0 spiro atoms. The van der Waals surface area contributed by atoms with E-state index in [-0.39, 0.29) is 11.9 Å². The van der Waals surface area contributed by atoms with Crippen LogP contribution >= 0.6 is 31.9 Å². The van der Waals surface area contributed by atoms with Gasteiger partial charge in [0.15, 0.2) is 0 Å². The molecule has 0 saturated carbocycles. The number of rotatable bonds is 3. The molecule has 1 aliphatic heterocycles. The van der Waals surface area contributed by atoms with Gasteiger partial charge < -0.3 is 14.6 Å². The fourth-order valence-electron chi connectivity index (χ4n) is 1.15. The topological polar surface area (TPSA) is 42.0 Å². The highest BCUT2D eigenvalue weighted by molar-refractivity contribution is 9.11. The number of ether oxygens (including phenoxy) is 2. The minimum Gasteiger partial charge on any atom is -0.508 e. The van der Waals surface area contributed by atoms with Crippen LogP contribution in [0.25, 0.3) is 0 Å². The zero-order valence-corrected chi connectivity index (χ0v) is 11.3. The van der Waals surface area contributed by atoms with Crippen molar-refractivity contribution >= 4 is 31.9 Å². The van der Waals surface area contributed by atoms with E-state index in [0.717, 1.165) is 21.1 Å². The molecule has 0 amide bonds. The van der Waals surface area contributed by atoms with Gasteiger partial charge in [0.2, 0.25) is 0 Å². The average molecular weight is 338 g/mol. The molecule has 5 heteroatoms. The van der Waals surface area contributed by atoms with Crippen LogP contribution in [0.4, 0.5) is 0 Å². The molecule has 1 saturated heterocycles. The Bertz CT molecular complexity index is 389. The minimum atomic E-state index is 0.220. The molecule has 2 rings (SSSR count). The second-order valence-electron chi connectivity index (χ2n) is 3.41. The highest BCUT2D eigenvalue weighted by Gasteiger charge is 2.24. The van der Waals surface area contributed by atoms with E-state index in [1.165, 1.54) is 0 Å². The number of benzene rings is 1. The van der Waals surface area contributed by atoms with Crippen molar-refractivity contribution in [2.75, 3.05) is 13.2 Å². The summed E-state index contributed by atoms with van der Waals surface area (Å²) in [5.74, 6) is 0.949. The van der Waals surface area contributed by atoms with E-state index in [0.29, 0.717) is 12.4 Å². The van der Waals surface area contributed by atoms with Gasteiger partial charge in [-0.1, -0.05) is 0 Å². The quantitative estimate of drug-likeness (QED) is 0.862. The van der Waals surface area contributed by atoms with E-state index < -0.39 is 0 Å². The van der Waals surface area contributed by atoms with Crippen LogP contribution in [0, 0.1) is 6.92 Å². The average Bonchev–Trinajstić information content (AvgIpc) is 2.98. The summed E-state index contributed by atoms with van der Waals surface area (Å²) in [4.78, 5) is 0. The standard InChI is InChI=1S/C10H10Br2O3/c1-5-8(13)2-7(11)10(9(5)12)15-4-6-3-14-6/h2,6,13H,3-4H2,1H3. The number of halogens is 2. The molecule has 15 heavy (non-hydrogen) atoms. The summed E-state index contributed by atoms with van der Waals surface area (Å²) < 4.78 is 12.2. The van der Waals surface area contributed by atoms with Crippen LogP contribution in [-0.4, -0.2) is 24.4 Å². The first-order valence-electron chi connectivity index (χ1n) is 4.51. The Hall–Kier alpha value is -0.260. The fraction of sp³-hybridized carbons (Fsp3) is 0.400. The number of hydrogen-bond acceptors (Lipinski definition) is 3. The van der Waals surface area contributed by atoms with E-state index in [1.807, 2.05) is 6.92 Å². The molecule has 1 aromatic rings. The van der Waals surface area contributed by atoms with Gasteiger partial charge in [0.1, 0.15) is 24.2 Å². The second-order valence-corrected chi connectivity index (χ2v) is 5.06. The monoisotopic (exact) mass is 336 g/mol. The molecule has 3 nitrogen and oxygen atoms in total. The Kier molecular flexibility index (Phi) is 3.23. The van der Waals surface area contributed by atoms with Gasteiger partial charge in [-0.05, 0) is 44.8 Å². The first-order valence-corrected chi connectivity index (χ1v) is 6.10. The lowest BCUT2D eigenvalue weighted by Crippen LogP contribution is -2.05. The molecule has 1 aliphatic rings. The van der Waals surface area contributed by atoms with Crippen LogP contribution in [-0.2, 0) is 4.74 Å². The molecule has 1 N–H and O–H groups in total. The zero-order chi connectivity index (χ0) is 11.0. The predicted molar refractivity (Wildman–Crippen MR) is 63.5 cm³/mol. The van der Waals surface area contributed by atoms with Crippen LogP contribution in [0.2, 0.25) is 0 Å². The summed E-state index contributed by atoms with van der Waals surface area (Å²) in [6.07, 6.45) is 0.220. The van der Waals surface area contributed by atoms with Crippen molar-refractivity contribution in [1.82, 2.24) is 0 Å². The van der Waals surface area contributed by atoms with Gasteiger partial charge in [0, 0.05) is 5.56 Å². The molecule has 1 heterocycles. The molecule has 1 atom stereocenters. The largest absolute Gasteiger partial charge is 0.508 e. The lowest BCUT2D eigenvalue weighted by molar-refractivity contribution is 0.260. The van der Waals surface area contributed by atoms with E-state index in [9.17, 15) is 5.11 Å². The van der Waals surface area contributed by atoms with Crippen molar-refractivity contribution in [3.8, 4) is 11.5 Å². The minimum absolute atomic E-state index is 0.220. The van der Waals surface area contributed by atoms with Crippen LogP contribution in [0.5, 0.6) is 11.5 Å². The van der Waals surface area contributed by atoms with Gasteiger partial charge in [-0.3, -0.25) is 0 Å². The molecule has 1 fully saturated rings. The summed E-state index contributed by atoms with van der Waals surface area (Å²) in [6, 6.07) is 1.63. The SMILES string of the molecule is Cc1c(O)cc(Br)c(OCC2CO2)c1Br. The first-order chi connectivity index (χ1) is 7.09. The lowest BCUT2D eigenvalue weighted by Gasteiger charge is -2.12. The maximum absolute atomic E-state index is 9.55. The third kappa shape index (κ3) is 2.46. The fourth-order valence-corrected chi connectivity index (χ4v) is 2.48. The third-order valence-electron chi connectivity index (χ3n) is 2.21. The number of epoxide rings is 1. The molecule has 0 radical (unpaired) electrons. The molecule has 82 valence electrons. The van der Waals surface area contributed by atoms with Gasteiger partial charge in [0.25, 0.3) is 0 Å². The Morgan fingerprint density at radius 3 is 2.87 bits per heavy atom. The Balaban J connectivity index is 2.23. The predicted octanol–water partition coefficient (Wildman–Crippen LogP) is 3.00. The molecular weight excluding hydrogens is 328 g/mol. The zero-order valence-electron chi connectivity index (χ0n) is 8.09. The maximum Gasteiger partial charge on any atom is 0.148 e. The lowest BCUT2D eigenvalue weighted by atomic mass is 10.2. The number of phenols is 1. The summed E-state index contributed by atoms with van der Waals surface area (Å²) in [7, 11) is 0. The van der Waals surface area contributed by atoms with Crippen molar-refractivity contribution in [3.05, 3.63) is 20.6 Å². The maximum atomic E-state index is 9.55. The third-order valence-corrected chi connectivity index (χ3v) is 3.75. The number of aromatic hydroxyl groups is 1.